The van der Waals surface area contributed by atoms with Crippen LogP contribution in [0.1, 0.15) is 30.0 Å². The van der Waals surface area contributed by atoms with E-state index in [2.05, 4.69) is 11.9 Å². The van der Waals surface area contributed by atoms with Crippen LogP contribution in [0.15, 0.2) is 69.9 Å². The van der Waals surface area contributed by atoms with Gasteiger partial charge in [-0.1, -0.05) is 36.9 Å². The maximum Gasteiger partial charge on any atom is 0.339 e. The van der Waals surface area contributed by atoms with Gasteiger partial charge in [0.25, 0.3) is 0 Å². The van der Waals surface area contributed by atoms with Gasteiger partial charge in [0.15, 0.2) is 0 Å². The van der Waals surface area contributed by atoms with E-state index in [9.17, 15) is 14.4 Å². The Morgan fingerprint density at radius 3 is 2.56 bits per heavy atom. The summed E-state index contributed by atoms with van der Waals surface area (Å²) in [5, 5.41) is 3.50. The molecule has 0 saturated heterocycles. The summed E-state index contributed by atoms with van der Waals surface area (Å²) in [7, 11) is 1.28. The minimum Gasteiger partial charge on any atom is -0.489 e. The topological polar surface area (TPSA) is 94.8 Å². The Kier molecular flexibility index (Phi) is 8.24. The van der Waals surface area contributed by atoms with Crippen molar-refractivity contribution in [2.45, 2.75) is 39.2 Å². The lowest BCUT2D eigenvalue weighted by Crippen LogP contribution is -2.43. The number of carbonyl (C=O) groups excluding carboxylic acids is 2. The molecule has 0 fully saturated rings. The Balaban J connectivity index is 1.71. The minimum atomic E-state index is -0.813. The van der Waals surface area contributed by atoms with Gasteiger partial charge in [-0.25, -0.2) is 9.59 Å². The van der Waals surface area contributed by atoms with E-state index in [1.165, 1.54) is 7.11 Å². The molecule has 3 rings (SSSR count). The summed E-state index contributed by atoms with van der Waals surface area (Å²) in [4.78, 5) is 37.4. The van der Waals surface area contributed by atoms with Crippen LogP contribution in [0, 0.1) is 6.92 Å². The number of carbonyl (C=O) groups is 2. The van der Waals surface area contributed by atoms with Gasteiger partial charge >= 0.3 is 11.6 Å². The molecule has 0 aliphatic rings. The molecule has 1 aromatic heterocycles. The molecule has 1 atom stereocenters. The zero-order valence-electron chi connectivity index (χ0n) is 19.7. The summed E-state index contributed by atoms with van der Waals surface area (Å²) in [6.45, 7) is 7.87. The molecule has 34 heavy (non-hydrogen) atoms. The molecular weight excluding hydrogens is 434 g/mol. The third-order valence-electron chi connectivity index (χ3n) is 5.45. The Labute approximate surface area is 198 Å². The van der Waals surface area contributed by atoms with Crippen molar-refractivity contribution in [3.63, 3.8) is 0 Å². The zero-order chi connectivity index (χ0) is 24.7. The number of methoxy groups -OCH3 is 1. The highest BCUT2D eigenvalue weighted by Crippen LogP contribution is 2.25. The maximum absolute atomic E-state index is 12.6. The number of hydrogen-bond donors (Lipinski definition) is 1. The van der Waals surface area contributed by atoms with Crippen LogP contribution in [0.25, 0.3) is 11.0 Å². The number of nitrogens with one attached hydrogen (secondary N) is 1. The standard InChI is InChI=1S/C27H29NO6/c1-17(2)16-33-20-10-11-21-18(3)22(26(30)34-24(21)15-20)12-13-25(29)28-23(27(31)32-4)14-19-8-6-5-7-9-19/h5-11,15,23H,1,12-14,16H2,2-4H3,(H,28,29)/t23-/m0/s1. The van der Waals surface area contributed by atoms with Crippen LogP contribution in [0.3, 0.4) is 0 Å². The van der Waals surface area contributed by atoms with Crippen LogP contribution in [-0.2, 0) is 27.2 Å². The van der Waals surface area contributed by atoms with Crippen LogP contribution < -0.4 is 15.7 Å². The van der Waals surface area contributed by atoms with Crippen molar-refractivity contribution in [2.24, 2.45) is 0 Å². The molecule has 0 unspecified atom stereocenters. The molecule has 2 aromatic carbocycles. The molecule has 0 radical (unpaired) electrons. The van der Waals surface area contributed by atoms with Crippen molar-refractivity contribution < 1.29 is 23.5 Å². The molecule has 0 aliphatic heterocycles. The summed E-state index contributed by atoms with van der Waals surface area (Å²) < 4.78 is 16.0. The summed E-state index contributed by atoms with van der Waals surface area (Å²) in [6, 6.07) is 13.9. The molecule has 1 N–H and O–H groups in total. The van der Waals surface area contributed by atoms with E-state index in [0.29, 0.717) is 29.9 Å². The summed E-state index contributed by atoms with van der Waals surface area (Å²) in [6.07, 6.45) is 0.522. The van der Waals surface area contributed by atoms with Gasteiger partial charge in [0.2, 0.25) is 5.91 Å². The first-order valence-corrected chi connectivity index (χ1v) is 11.0. The summed E-state index contributed by atoms with van der Waals surface area (Å²) >= 11 is 0. The Morgan fingerprint density at radius 1 is 1.15 bits per heavy atom. The molecule has 3 aromatic rings. The van der Waals surface area contributed by atoms with Crippen molar-refractivity contribution in [3.8, 4) is 5.75 Å². The van der Waals surface area contributed by atoms with Gasteiger partial charge in [-0.05, 0) is 49.1 Å². The number of benzene rings is 2. The Morgan fingerprint density at radius 2 is 1.88 bits per heavy atom. The van der Waals surface area contributed by atoms with E-state index < -0.39 is 17.6 Å². The predicted molar refractivity (Wildman–Crippen MR) is 130 cm³/mol. The predicted octanol–water partition coefficient (Wildman–Crippen LogP) is 3.89. The zero-order valence-corrected chi connectivity index (χ0v) is 19.7. The Bertz CT molecular complexity index is 1250. The third-order valence-corrected chi connectivity index (χ3v) is 5.45. The third kappa shape index (κ3) is 6.34. The first kappa shape index (κ1) is 24.8. The van der Waals surface area contributed by atoms with Crippen molar-refractivity contribution in [1.82, 2.24) is 5.32 Å². The monoisotopic (exact) mass is 463 g/mol. The smallest absolute Gasteiger partial charge is 0.339 e. The number of hydrogen-bond acceptors (Lipinski definition) is 6. The van der Waals surface area contributed by atoms with Crippen LogP contribution in [-0.4, -0.2) is 31.6 Å². The average Bonchev–Trinajstić information content (AvgIpc) is 2.82. The summed E-state index contributed by atoms with van der Waals surface area (Å²) in [5.41, 5.74) is 2.88. The van der Waals surface area contributed by atoms with Gasteiger partial charge in [-0.2, -0.15) is 0 Å². The Hall–Kier alpha value is -3.87. The van der Waals surface area contributed by atoms with Crippen molar-refractivity contribution in [1.29, 1.82) is 0 Å². The van der Waals surface area contributed by atoms with Crippen molar-refractivity contribution in [3.05, 3.63) is 87.8 Å². The number of aryl methyl sites for hydroxylation is 1. The number of fused-ring (bicyclic) bond motifs is 1. The molecular formula is C27H29NO6. The molecule has 0 saturated carbocycles. The van der Waals surface area contributed by atoms with E-state index in [1.807, 2.05) is 50.2 Å². The van der Waals surface area contributed by atoms with Crippen molar-refractivity contribution in [2.75, 3.05) is 13.7 Å². The SMILES string of the molecule is C=C(C)COc1ccc2c(C)c(CCC(=O)N[C@@H](Cc3ccccc3)C(=O)OC)c(=O)oc2c1. The lowest BCUT2D eigenvalue weighted by atomic mass is 10.0. The highest BCUT2D eigenvalue weighted by molar-refractivity contribution is 5.85. The molecule has 0 bridgehead atoms. The number of amides is 1. The second-order valence-corrected chi connectivity index (χ2v) is 8.23. The van der Waals surface area contributed by atoms with Crippen LogP contribution >= 0.6 is 0 Å². The number of rotatable bonds is 10. The molecule has 7 nitrogen and oxygen atoms in total. The number of esters is 1. The largest absolute Gasteiger partial charge is 0.489 e. The quantitative estimate of drug-likeness (QED) is 0.278. The minimum absolute atomic E-state index is 0.0270. The van der Waals surface area contributed by atoms with Crippen LogP contribution in [0.2, 0.25) is 0 Å². The highest BCUT2D eigenvalue weighted by atomic mass is 16.5. The van der Waals surface area contributed by atoms with E-state index >= 15 is 0 Å². The van der Waals surface area contributed by atoms with Gasteiger partial charge < -0.3 is 19.2 Å². The molecule has 0 aliphatic carbocycles. The lowest BCUT2D eigenvalue weighted by Gasteiger charge is -2.17. The first-order valence-electron chi connectivity index (χ1n) is 11.0. The lowest BCUT2D eigenvalue weighted by molar-refractivity contribution is -0.145. The summed E-state index contributed by atoms with van der Waals surface area (Å²) in [5.74, 6) is -0.297. The molecule has 1 amide bonds. The van der Waals surface area contributed by atoms with Crippen LogP contribution in [0.4, 0.5) is 0 Å². The molecule has 7 heteroatoms. The fraction of sp³-hybridized carbons (Fsp3) is 0.296. The van der Waals surface area contributed by atoms with Gasteiger partial charge in [-0.15, -0.1) is 0 Å². The van der Waals surface area contributed by atoms with Gasteiger partial charge in [0, 0.05) is 29.9 Å². The number of ether oxygens (including phenoxy) is 2. The molecule has 0 spiro atoms. The van der Waals surface area contributed by atoms with E-state index in [0.717, 1.165) is 22.1 Å². The van der Waals surface area contributed by atoms with E-state index in [1.54, 1.807) is 12.1 Å². The van der Waals surface area contributed by atoms with Gasteiger partial charge in [0.05, 0.1) is 7.11 Å². The van der Waals surface area contributed by atoms with Gasteiger partial charge in [0.1, 0.15) is 24.0 Å². The maximum atomic E-state index is 12.6. The van der Waals surface area contributed by atoms with Crippen molar-refractivity contribution >= 4 is 22.8 Å². The normalized spacial score (nSPS) is 11.6. The van der Waals surface area contributed by atoms with Crippen LogP contribution in [0.5, 0.6) is 5.75 Å². The fourth-order valence-electron chi connectivity index (χ4n) is 3.65. The second kappa shape index (κ2) is 11.3. The van der Waals surface area contributed by atoms with E-state index in [4.69, 9.17) is 13.9 Å². The highest BCUT2D eigenvalue weighted by Gasteiger charge is 2.22. The van der Waals surface area contributed by atoms with Gasteiger partial charge in [-0.3, -0.25) is 4.79 Å². The fourth-order valence-corrected chi connectivity index (χ4v) is 3.65. The molecule has 178 valence electrons. The average molecular weight is 464 g/mol. The van der Waals surface area contributed by atoms with E-state index in [-0.39, 0.29) is 18.7 Å². The second-order valence-electron chi connectivity index (χ2n) is 8.23. The first-order chi connectivity index (χ1) is 16.3. The molecule has 1 heterocycles.